The monoisotopic (exact) mass is 188 g/mol. The Hall–Kier alpha value is -1.46. The van der Waals surface area contributed by atoms with Crippen molar-refractivity contribution in [1.82, 2.24) is 0 Å². The van der Waals surface area contributed by atoms with Gasteiger partial charge in [-0.3, -0.25) is 4.79 Å². The van der Waals surface area contributed by atoms with E-state index in [1.165, 1.54) is 12.1 Å². The molecular weight excluding hydrogens is 182 g/mol. The van der Waals surface area contributed by atoms with Gasteiger partial charge in [-0.2, -0.15) is 0 Å². The first-order chi connectivity index (χ1) is 6.04. The van der Waals surface area contributed by atoms with E-state index < -0.39 is 12.4 Å². The highest BCUT2D eigenvalue weighted by Crippen LogP contribution is 2.11. The maximum absolute atomic E-state index is 12.1. The van der Waals surface area contributed by atoms with Crippen LogP contribution in [-0.4, -0.2) is 13.4 Å². The topological polar surface area (TPSA) is 29.1 Å². The van der Waals surface area contributed by atoms with Crippen LogP contribution in [0.1, 0.15) is 0 Å². The molecule has 70 valence electrons. The van der Waals surface area contributed by atoms with Crippen molar-refractivity contribution in [3.05, 3.63) is 24.3 Å². The van der Waals surface area contributed by atoms with Crippen molar-refractivity contribution in [2.24, 2.45) is 0 Å². The average molecular weight is 188 g/mol. The van der Waals surface area contributed by atoms with Crippen molar-refractivity contribution in [3.63, 3.8) is 0 Å². The van der Waals surface area contributed by atoms with E-state index in [2.05, 4.69) is 5.32 Å². The summed E-state index contributed by atoms with van der Waals surface area (Å²) in [7, 11) is 0. The summed E-state index contributed by atoms with van der Waals surface area (Å²) in [5.74, 6) is 0. The number of anilines is 1. The lowest BCUT2D eigenvalue weighted by Gasteiger charge is -2.14. The highest BCUT2D eigenvalue weighted by Gasteiger charge is 2.24. The number of amides is 1. The molecule has 1 rings (SSSR count). The van der Waals surface area contributed by atoms with Gasteiger partial charge in [0.05, 0.1) is 0 Å². The van der Waals surface area contributed by atoms with Crippen LogP contribution in [0.4, 0.5) is 18.6 Å². The number of hydrogen-bond acceptors (Lipinski definition) is 1. The maximum Gasteiger partial charge on any atom is 0.509 e. The summed E-state index contributed by atoms with van der Waals surface area (Å²) in [6, 6.07) is 4.29. The summed E-state index contributed by atoms with van der Waals surface area (Å²) < 4.78 is 36.2. The van der Waals surface area contributed by atoms with Crippen molar-refractivity contribution < 1.29 is 17.7 Å². The first-order valence-electron chi connectivity index (χ1n) is 3.54. The Morgan fingerprint density at radius 2 is 1.69 bits per heavy atom. The minimum Gasteiger partial charge on any atom is -0.445 e. The Bertz CT molecular complexity index is 296. The number of carbonyl (C=O) groups is 1. The number of carbonyl (C=O) groups excluding carboxylic acids is 1. The smallest absolute Gasteiger partial charge is 0.445 e. The molecule has 1 N–H and O–H groups in total. The van der Waals surface area contributed by atoms with Gasteiger partial charge >= 0.3 is 6.98 Å². The predicted octanol–water partition coefficient (Wildman–Crippen LogP) is 1.31. The molecule has 0 aliphatic carbocycles. The van der Waals surface area contributed by atoms with Gasteiger partial charge in [0.15, 0.2) is 0 Å². The quantitative estimate of drug-likeness (QED) is 0.562. The van der Waals surface area contributed by atoms with Gasteiger partial charge in [-0.25, -0.2) is 0 Å². The lowest BCUT2D eigenvalue weighted by Crippen LogP contribution is -2.33. The van der Waals surface area contributed by atoms with Crippen LogP contribution in [0, 0.1) is 0 Å². The van der Waals surface area contributed by atoms with E-state index >= 15 is 0 Å². The number of rotatable bonds is 3. The third kappa shape index (κ3) is 2.50. The highest BCUT2D eigenvalue weighted by atomic mass is 19.4. The molecule has 0 aliphatic heterocycles. The van der Waals surface area contributed by atoms with Crippen LogP contribution < -0.4 is 10.8 Å². The van der Waals surface area contributed by atoms with Crippen molar-refractivity contribution in [2.45, 2.75) is 0 Å². The fourth-order valence-corrected chi connectivity index (χ4v) is 0.866. The molecule has 0 unspecified atom stereocenters. The zero-order chi connectivity index (χ0) is 9.90. The Balaban J connectivity index is 2.87. The molecule has 0 aliphatic rings. The molecule has 2 nitrogen and oxygen atoms in total. The summed E-state index contributed by atoms with van der Waals surface area (Å²) in [6.45, 7) is -4.95. The summed E-state index contributed by atoms with van der Waals surface area (Å²) >= 11 is 0. The van der Waals surface area contributed by atoms with E-state index in [1.54, 1.807) is 0 Å². The number of benzene rings is 1. The Kier molecular flexibility index (Phi) is 2.60. The van der Waals surface area contributed by atoms with Gasteiger partial charge in [0, 0.05) is 5.69 Å². The molecule has 0 saturated carbocycles. The van der Waals surface area contributed by atoms with Crippen LogP contribution in [-0.2, 0) is 4.79 Å². The molecule has 0 atom stereocenters. The second kappa shape index (κ2) is 3.51. The van der Waals surface area contributed by atoms with Crippen LogP contribution in [0.15, 0.2) is 24.3 Å². The normalized spacial score (nSPS) is 11.0. The van der Waals surface area contributed by atoms with Gasteiger partial charge in [-0.1, -0.05) is 12.1 Å². The second-order valence-electron chi connectivity index (χ2n) is 2.46. The first-order valence-corrected chi connectivity index (χ1v) is 3.54. The van der Waals surface area contributed by atoms with E-state index in [1.807, 2.05) is 0 Å². The third-order valence-corrected chi connectivity index (χ3v) is 1.51. The van der Waals surface area contributed by atoms with Crippen molar-refractivity contribution in [1.29, 1.82) is 0 Å². The first kappa shape index (κ1) is 9.63. The third-order valence-electron chi connectivity index (χ3n) is 1.51. The molecule has 0 spiro atoms. The number of nitrogens with one attached hydrogen (secondary N) is 1. The standard InChI is InChI=1S/C7H6BF3NO/c9-8(10,11)6-1-3-7(4-2-6)12-5-13/h1-5H,(H,12,13)/q-1. The molecule has 1 aromatic carbocycles. The van der Waals surface area contributed by atoms with Gasteiger partial charge < -0.3 is 18.3 Å². The van der Waals surface area contributed by atoms with Crippen molar-refractivity contribution in [3.8, 4) is 0 Å². The van der Waals surface area contributed by atoms with Gasteiger partial charge in [0.2, 0.25) is 6.41 Å². The predicted molar refractivity (Wildman–Crippen MR) is 44.8 cm³/mol. The largest absolute Gasteiger partial charge is 0.509 e. The van der Waals surface area contributed by atoms with Crippen LogP contribution in [0.5, 0.6) is 0 Å². The lowest BCUT2D eigenvalue weighted by molar-refractivity contribution is -0.105. The average Bonchev–Trinajstić information content (AvgIpc) is 2.04. The number of hydrogen-bond donors (Lipinski definition) is 1. The Morgan fingerprint density at radius 1 is 1.15 bits per heavy atom. The molecule has 1 amide bonds. The van der Waals surface area contributed by atoms with E-state index in [-0.39, 0.29) is 0 Å². The molecule has 6 heteroatoms. The summed E-state index contributed by atoms with van der Waals surface area (Å²) in [5.41, 5.74) is -0.324. The lowest BCUT2D eigenvalue weighted by atomic mass is 9.80. The number of halogens is 3. The second-order valence-corrected chi connectivity index (χ2v) is 2.46. The minimum atomic E-state index is -4.95. The van der Waals surface area contributed by atoms with E-state index in [0.29, 0.717) is 12.1 Å². The van der Waals surface area contributed by atoms with Gasteiger partial charge in [0.1, 0.15) is 0 Å². The summed E-state index contributed by atoms with van der Waals surface area (Å²) in [5, 5.41) is 2.25. The molecule has 0 saturated heterocycles. The van der Waals surface area contributed by atoms with Crippen LogP contribution in [0.3, 0.4) is 0 Å². The fraction of sp³-hybridized carbons (Fsp3) is 0. The highest BCUT2D eigenvalue weighted by molar-refractivity contribution is 6.73. The zero-order valence-electron chi connectivity index (χ0n) is 6.51. The SMILES string of the molecule is O=CNc1ccc([B-](F)(F)F)cc1. The Labute approximate surface area is 72.8 Å². The van der Waals surface area contributed by atoms with Crippen molar-refractivity contribution in [2.75, 3.05) is 5.32 Å². The molecule has 0 radical (unpaired) electrons. The van der Waals surface area contributed by atoms with E-state index in [4.69, 9.17) is 0 Å². The van der Waals surface area contributed by atoms with Gasteiger partial charge in [-0.05, 0) is 12.1 Å². The summed E-state index contributed by atoms with van der Waals surface area (Å²) in [4.78, 5) is 9.93. The Morgan fingerprint density at radius 3 is 2.08 bits per heavy atom. The molecule has 1 aromatic rings. The van der Waals surface area contributed by atoms with Crippen molar-refractivity contribution >= 4 is 24.5 Å². The zero-order valence-corrected chi connectivity index (χ0v) is 6.51. The van der Waals surface area contributed by atoms with Crippen LogP contribution in [0.2, 0.25) is 0 Å². The molecule has 0 aromatic heterocycles. The van der Waals surface area contributed by atoms with Crippen LogP contribution in [0.25, 0.3) is 0 Å². The molecule has 0 fully saturated rings. The van der Waals surface area contributed by atoms with E-state index in [9.17, 15) is 17.7 Å². The molecule has 0 heterocycles. The maximum atomic E-state index is 12.1. The molecule has 13 heavy (non-hydrogen) atoms. The van der Waals surface area contributed by atoms with Gasteiger partial charge in [-0.15, -0.1) is 5.46 Å². The fourth-order valence-electron chi connectivity index (χ4n) is 0.866. The van der Waals surface area contributed by atoms with Crippen LogP contribution >= 0.6 is 0 Å². The minimum absolute atomic E-state index is 0.346. The molecular formula is C7H6BF3NO-. The van der Waals surface area contributed by atoms with Gasteiger partial charge in [0.25, 0.3) is 0 Å². The summed E-state index contributed by atoms with van der Waals surface area (Å²) in [6.07, 6.45) is 0.410. The molecule has 0 bridgehead atoms. The van der Waals surface area contributed by atoms with E-state index in [0.717, 1.165) is 12.1 Å².